The lowest BCUT2D eigenvalue weighted by Gasteiger charge is -2.27. The van der Waals surface area contributed by atoms with Crippen molar-refractivity contribution in [3.8, 4) is 0 Å². The maximum atomic E-state index is 12.7. The normalized spacial score (nSPS) is 19.0. The molecule has 1 aliphatic carbocycles. The Labute approximate surface area is 136 Å². The number of carbonyl (C=O) groups is 2. The molecular weight excluding hydrogens is 284 g/mol. The number of carbonyl (C=O) groups excluding carboxylic acids is 2. The molecule has 0 bridgehead atoms. The molecule has 0 spiro atoms. The Balaban J connectivity index is 2.09. The molecule has 0 aliphatic heterocycles. The Morgan fingerprint density at radius 3 is 1.87 bits per heavy atom. The van der Waals surface area contributed by atoms with E-state index in [1.807, 2.05) is 60.7 Å². The van der Waals surface area contributed by atoms with Gasteiger partial charge in [-0.05, 0) is 17.5 Å². The van der Waals surface area contributed by atoms with E-state index >= 15 is 0 Å². The molecule has 1 saturated carbocycles. The largest absolute Gasteiger partial charge is 0.299 e. The lowest BCUT2D eigenvalue weighted by molar-refractivity contribution is -0.127. The van der Waals surface area contributed by atoms with Gasteiger partial charge in [0.1, 0.15) is 11.6 Å². The van der Waals surface area contributed by atoms with Crippen molar-refractivity contribution in [2.75, 3.05) is 0 Å². The fraction of sp³-hybridized carbons (Fsp3) is 0.238. The molecule has 2 heteroatoms. The van der Waals surface area contributed by atoms with Crippen molar-refractivity contribution in [3.05, 3.63) is 83.9 Å². The molecule has 0 aromatic heterocycles. The minimum Gasteiger partial charge on any atom is -0.299 e. The Kier molecular flexibility index (Phi) is 4.52. The van der Waals surface area contributed by atoms with E-state index in [2.05, 4.69) is 6.58 Å². The molecule has 0 heterocycles. The first kappa shape index (κ1) is 15.4. The van der Waals surface area contributed by atoms with Crippen LogP contribution in [0.4, 0.5) is 0 Å². The van der Waals surface area contributed by atoms with Gasteiger partial charge >= 0.3 is 0 Å². The highest BCUT2D eigenvalue weighted by atomic mass is 16.1. The monoisotopic (exact) mass is 304 g/mol. The summed E-state index contributed by atoms with van der Waals surface area (Å²) in [5.74, 6) is -0.386. The average Bonchev–Trinajstić information content (AvgIpc) is 2.70. The molecule has 1 atom stereocenters. The van der Waals surface area contributed by atoms with E-state index in [0.29, 0.717) is 12.8 Å². The highest BCUT2D eigenvalue weighted by molar-refractivity contribution is 6.03. The number of hydrogen-bond acceptors (Lipinski definition) is 2. The first-order chi connectivity index (χ1) is 11.2. The van der Waals surface area contributed by atoms with Gasteiger partial charge in [-0.25, -0.2) is 0 Å². The number of Topliss-reactive ketones (excluding diaryl/α,β-unsaturated/α-hetero) is 2. The number of ketones is 2. The summed E-state index contributed by atoms with van der Waals surface area (Å²) in [6.45, 7) is 4.14. The quantitative estimate of drug-likeness (QED) is 0.481. The van der Waals surface area contributed by atoms with Crippen LogP contribution in [0, 0.1) is 5.92 Å². The topological polar surface area (TPSA) is 34.1 Å². The van der Waals surface area contributed by atoms with Crippen LogP contribution in [0.2, 0.25) is 0 Å². The van der Waals surface area contributed by atoms with E-state index in [-0.39, 0.29) is 29.8 Å². The second-order valence-corrected chi connectivity index (χ2v) is 6.12. The predicted molar refractivity (Wildman–Crippen MR) is 91.2 cm³/mol. The smallest absolute Gasteiger partial charge is 0.148 e. The molecule has 0 saturated heterocycles. The molecule has 1 fully saturated rings. The third kappa shape index (κ3) is 3.31. The summed E-state index contributed by atoms with van der Waals surface area (Å²) in [5.41, 5.74) is 3.05. The van der Waals surface area contributed by atoms with E-state index in [1.165, 1.54) is 0 Å². The second-order valence-electron chi connectivity index (χ2n) is 6.12. The minimum atomic E-state index is -0.328. The molecule has 2 aromatic carbocycles. The van der Waals surface area contributed by atoms with Crippen LogP contribution in [-0.2, 0) is 9.59 Å². The molecule has 0 N–H and O–H groups in total. The summed E-state index contributed by atoms with van der Waals surface area (Å²) in [6, 6.07) is 20.1. The van der Waals surface area contributed by atoms with Crippen LogP contribution >= 0.6 is 0 Å². The summed E-state index contributed by atoms with van der Waals surface area (Å²) < 4.78 is 0. The third-order valence-corrected chi connectivity index (χ3v) is 4.53. The summed E-state index contributed by atoms with van der Waals surface area (Å²) in [5, 5.41) is 0. The Morgan fingerprint density at radius 1 is 0.826 bits per heavy atom. The van der Waals surface area contributed by atoms with Crippen molar-refractivity contribution in [1.29, 1.82) is 0 Å². The van der Waals surface area contributed by atoms with Crippen LogP contribution in [0.1, 0.15) is 36.3 Å². The van der Waals surface area contributed by atoms with Crippen molar-refractivity contribution >= 4 is 11.6 Å². The van der Waals surface area contributed by atoms with Gasteiger partial charge in [-0.2, -0.15) is 0 Å². The number of hydrogen-bond donors (Lipinski definition) is 0. The SMILES string of the molecule is C=C1CCC(=O)CC(=O)C1C(c1ccccc1)c1ccccc1. The summed E-state index contributed by atoms with van der Waals surface area (Å²) in [7, 11) is 0. The maximum absolute atomic E-state index is 12.7. The van der Waals surface area contributed by atoms with E-state index in [0.717, 1.165) is 16.7 Å². The van der Waals surface area contributed by atoms with Crippen molar-refractivity contribution in [2.45, 2.75) is 25.2 Å². The fourth-order valence-electron chi connectivity index (χ4n) is 3.40. The molecule has 3 rings (SSSR count). The van der Waals surface area contributed by atoms with Gasteiger partial charge in [-0.15, -0.1) is 0 Å². The van der Waals surface area contributed by atoms with Crippen molar-refractivity contribution in [2.24, 2.45) is 5.92 Å². The van der Waals surface area contributed by atoms with Crippen molar-refractivity contribution < 1.29 is 9.59 Å². The lowest BCUT2D eigenvalue weighted by atomic mass is 9.75. The van der Waals surface area contributed by atoms with E-state index < -0.39 is 0 Å². The van der Waals surface area contributed by atoms with Gasteiger partial charge in [0, 0.05) is 18.3 Å². The number of benzene rings is 2. The van der Waals surface area contributed by atoms with Gasteiger partial charge in [0.2, 0.25) is 0 Å². The second kappa shape index (κ2) is 6.74. The van der Waals surface area contributed by atoms with Gasteiger partial charge in [-0.3, -0.25) is 9.59 Å². The van der Waals surface area contributed by atoms with Gasteiger partial charge in [0.25, 0.3) is 0 Å². The first-order valence-corrected chi connectivity index (χ1v) is 7.99. The minimum absolute atomic E-state index is 0.00444. The van der Waals surface area contributed by atoms with Gasteiger partial charge < -0.3 is 0 Å². The van der Waals surface area contributed by atoms with Gasteiger partial charge in [0.05, 0.1) is 6.42 Å². The predicted octanol–water partition coefficient (Wildman–Crippen LogP) is 4.31. The fourth-order valence-corrected chi connectivity index (χ4v) is 3.40. The Bertz CT molecular complexity index is 677. The average molecular weight is 304 g/mol. The molecule has 2 nitrogen and oxygen atoms in total. The van der Waals surface area contributed by atoms with Crippen molar-refractivity contribution in [1.82, 2.24) is 0 Å². The standard InChI is InChI=1S/C21H20O2/c1-15-12-13-18(22)14-19(23)20(15)21(16-8-4-2-5-9-16)17-10-6-3-7-11-17/h2-11,20-21H,1,12-14H2. The van der Waals surface area contributed by atoms with Crippen LogP contribution in [0.25, 0.3) is 0 Å². The Morgan fingerprint density at radius 2 is 1.35 bits per heavy atom. The molecular formula is C21H20O2. The van der Waals surface area contributed by atoms with Gasteiger partial charge in [-0.1, -0.05) is 72.8 Å². The van der Waals surface area contributed by atoms with Crippen molar-refractivity contribution in [3.63, 3.8) is 0 Å². The van der Waals surface area contributed by atoms with E-state index in [4.69, 9.17) is 0 Å². The van der Waals surface area contributed by atoms with Crippen LogP contribution in [0.3, 0.4) is 0 Å². The zero-order valence-corrected chi connectivity index (χ0v) is 13.1. The zero-order valence-electron chi connectivity index (χ0n) is 13.1. The van der Waals surface area contributed by atoms with Crippen LogP contribution < -0.4 is 0 Å². The molecule has 1 aliphatic rings. The molecule has 0 amide bonds. The van der Waals surface area contributed by atoms with Crippen LogP contribution in [0.5, 0.6) is 0 Å². The first-order valence-electron chi connectivity index (χ1n) is 7.99. The summed E-state index contributed by atoms with van der Waals surface area (Å²) in [6.07, 6.45) is 1.06. The number of rotatable bonds is 3. The zero-order chi connectivity index (χ0) is 16.2. The molecule has 0 radical (unpaired) electrons. The summed E-state index contributed by atoms with van der Waals surface area (Å²) in [4.78, 5) is 24.6. The Hall–Kier alpha value is -2.48. The molecule has 116 valence electrons. The van der Waals surface area contributed by atoms with Crippen LogP contribution in [-0.4, -0.2) is 11.6 Å². The maximum Gasteiger partial charge on any atom is 0.148 e. The lowest BCUT2D eigenvalue weighted by Crippen LogP contribution is -2.24. The van der Waals surface area contributed by atoms with Crippen LogP contribution in [0.15, 0.2) is 72.8 Å². The third-order valence-electron chi connectivity index (χ3n) is 4.53. The number of allylic oxidation sites excluding steroid dienone is 1. The van der Waals surface area contributed by atoms with Gasteiger partial charge in [0.15, 0.2) is 0 Å². The van der Waals surface area contributed by atoms with E-state index in [1.54, 1.807) is 0 Å². The highest BCUT2D eigenvalue weighted by Crippen LogP contribution is 2.39. The summed E-state index contributed by atoms with van der Waals surface area (Å²) >= 11 is 0. The highest BCUT2D eigenvalue weighted by Gasteiger charge is 2.35. The molecule has 23 heavy (non-hydrogen) atoms. The van der Waals surface area contributed by atoms with E-state index in [9.17, 15) is 9.59 Å². The molecule has 1 unspecified atom stereocenters. The molecule has 2 aromatic rings.